The highest BCUT2D eigenvalue weighted by Crippen LogP contribution is 2.41. The van der Waals surface area contributed by atoms with E-state index in [0.717, 1.165) is 64.2 Å². The van der Waals surface area contributed by atoms with Crippen LogP contribution in [0.2, 0.25) is 0 Å². The largest absolute Gasteiger partial charge is 0.379 e. The lowest BCUT2D eigenvalue weighted by Crippen LogP contribution is -2.54. The lowest BCUT2D eigenvalue weighted by Gasteiger charge is -2.43. The van der Waals surface area contributed by atoms with E-state index in [4.69, 9.17) is 4.74 Å². The van der Waals surface area contributed by atoms with Crippen LogP contribution in [0.5, 0.6) is 0 Å². The Bertz CT molecular complexity index is 584. The third-order valence-corrected chi connectivity index (χ3v) is 7.73. The van der Waals surface area contributed by atoms with E-state index in [9.17, 15) is 4.79 Å². The van der Waals surface area contributed by atoms with Gasteiger partial charge in [-0.3, -0.25) is 15.0 Å². The van der Waals surface area contributed by atoms with Crippen molar-refractivity contribution in [1.29, 1.82) is 0 Å². The number of ether oxygens (including phenoxy) is 1. The quantitative estimate of drug-likeness (QED) is 0.709. The first-order valence-corrected chi connectivity index (χ1v) is 11.7. The van der Waals surface area contributed by atoms with Gasteiger partial charge in [0.1, 0.15) is 6.17 Å². The lowest BCUT2D eigenvalue weighted by molar-refractivity contribution is -0.132. The second-order valence-electron chi connectivity index (χ2n) is 9.42. The molecule has 1 amide bonds. The van der Waals surface area contributed by atoms with E-state index in [1.807, 2.05) is 0 Å². The highest BCUT2D eigenvalue weighted by atomic mass is 16.5. The molecule has 0 aromatic carbocycles. The Morgan fingerprint density at radius 1 is 1.07 bits per heavy atom. The zero-order chi connectivity index (χ0) is 19.5. The number of hydrogen-bond acceptors (Lipinski definition) is 4. The summed E-state index contributed by atoms with van der Waals surface area (Å²) >= 11 is 0. The molecule has 1 saturated heterocycles. The van der Waals surface area contributed by atoms with E-state index in [1.54, 1.807) is 0 Å². The van der Waals surface area contributed by atoms with E-state index in [2.05, 4.69) is 29.0 Å². The molecule has 4 aliphatic rings. The first-order valence-electron chi connectivity index (χ1n) is 11.7. The van der Waals surface area contributed by atoms with Crippen molar-refractivity contribution in [2.24, 2.45) is 11.8 Å². The number of carbonyl (C=O) groups excluding carboxylic acids is 1. The fourth-order valence-electron chi connectivity index (χ4n) is 5.79. The highest BCUT2D eigenvalue weighted by molar-refractivity contribution is 5.98. The van der Waals surface area contributed by atoms with Crippen LogP contribution in [0.3, 0.4) is 0 Å². The molecule has 158 valence electrons. The van der Waals surface area contributed by atoms with E-state index in [1.165, 1.54) is 37.7 Å². The van der Waals surface area contributed by atoms with E-state index in [0.29, 0.717) is 23.8 Å². The van der Waals surface area contributed by atoms with Gasteiger partial charge in [0.15, 0.2) is 0 Å². The molecule has 4 unspecified atom stereocenters. The fourth-order valence-corrected chi connectivity index (χ4v) is 5.79. The van der Waals surface area contributed by atoms with Crippen molar-refractivity contribution in [2.45, 2.75) is 77.4 Å². The minimum Gasteiger partial charge on any atom is -0.379 e. The summed E-state index contributed by atoms with van der Waals surface area (Å²) in [6.45, 7) is 10.7. The smallest absolute Gasteiger partial charge is 0.251 e. The summed E-state index contributed by atoms with van der Waals surface area (Å²) in [6.07, 6.45) is 9.55. The molecule has 4 atom stereocenters. The summed E-state index contributed by atoms with van der Waals surface area (Å²) in [4.78, 5) is 18.2. The van der Waals surface area contributed by atoms with Crippen molar-refractivity contribution in [3.63, 3.8) is 0 Å². The molecule has 4 rings (SSSR count). The molecule has 2 heterocycles. The third-order valence-electron chi connectivity index (χ3n) is 7.73. The molecule has 0 spiro atoms. The Kier molecular flexibility index (Phi) is 6.74. The molecule has 0 aromatic rings. The average molecular weight is 390 g/mol. The van der Waals surface area contributed by atoms with Gasteiger partial charge in [0, 0.05) is 24.7 Å². The summed E-state index contributed by atoms with van der Waals surface area (Å²) < 4.78 is 5.45. The third kappa shape index (κ3) is 4.17. The average Bonchev–Trinajstić information content (AvgIpc) is 3.00. The first kappa shape index (κ1) is 20.4. The number of amides is 1. The molecule has 0 radical (unpaired) electrons. The summed E-state index contributed by atoms with van der Waals surface area (Å²) in [5.74, 6) is 1.66. The van der Waals surface area contributed by atoms with Gasteiger partial charge in [-0.2, -0.15) is 0 Å². The summed E-state index contributed by atoms with van der Waals surface area (Å²) in [6, 6.07) is 0.401. The Labute approximate surface area is 170 Å². The van der Waals surface area contributed by atoms with Gasteiger partial charge in [-0.1, -0.05) is 26.7 Å². The van der Waals surface area contributed by atoms with E-state index >= 15 is 0 Å². The van der Waals surface area contributed by atoms with Crippen LogP contribution in [0.1, 0.15) is 65.2 Å². The van der Waals surface area contributed by atoms with Crippen LogP contribution in [0.4, 0.5) is 0 Å². The number of morpholine rings is 1. The van der Waals surface area contributed by atoms with Crippen molar-refractivity contribution in [1.82, 2.24) is 15.1 Å². The maximum Gasteiger partial charge on any atom is 0.251 e. The van der Waals surface area contributed by atoms with Gasteiger partial charge >= 0.3 is 0 Å². The number of hydrogen-bond donors (Lipinski definition) is 1. The number of nitrogens with zero attached hydrogens (tertiary/aromatic N) is 2. The van der Waals surface area contributed by atoms with Gasteiger partial charge in [0.05, 0.1) is 13.2 Å². The normalized spacial score (nSPS) is 34.8. The van der Waals surface area contributed by atoms with Crippen LogP contribution in [0, 0.1) is 11.8 Å². The van der Waals surface area contributed by atoms with Crippen LogP contribution < -0.4 is 5.32 Å². The molecule has 5 nitrogen and oxygen atoms in total. The van der Waals surface area contributed by atoms with Crippen molar-refractivity contribution >= 4 is 5.91 Å². The van der Waals surface area contributed by atoms with Crippen LogP contribution >= 0.6 is 0 Å². The standard InChI is InChI=1S/C23H39N3O2/c1-17-7-5-10-21(18(17)2)26-22(19-8-3-4-9-20(19)23(26)27)24-11-6-12-25-13-15-28-16-14-25/h17-18,21-22,24H,3-16H2,1-2H3. The Hall–Kier alpha value is -0.910. The van der Waals surface area contributed by atoms with Gasteiger partial charge in [0.25, 0.3) is 5.91 Å². The molecule has 2 fully saturated rings. The molecule has 28 heavy (non-hydrogen) atoms. The van der Waals surface area contributed by atoms with E-state index < -0.39 is 0 Å². The summed E-state index contributed by atoms with van der Waals surface area (Å²) in [5, 5.41) is 3.82. The second-order valence-corrected chi connectivity index (χ2v) is 9.42. The van der Waals surface area contributed by atoms with E-state index in [-0.39, 0.29) is 6.17 Å². The van der Waals surface area contributed by atoms with Crippen LogP contribution in [-0.2, 0) is 9.53 Å². The molecule has 0 bridgehead atoms. The van der Waals surface area contributed by atoms with Crippen LogP contribution in [0.25, 0.3) is 0 Å². The summed E-state index contributed by atoms with van der Waals surface area (Å²) in [5.41, 5.74) is 2.58. The predicted octanol–water partition coefficient (Wildman–Crippen LogP) is 3.16. The zero-order valence-electron chi connectivity index (χ0n) is 17.9. The fraction of sp³-hybridized carbons (Fsp3) is 0.870. The molecule has 1 saturated carbocycles. The van der Waals surface area contributed by atoms with Gasteiger partial charge in [0.2, 0.25) is 0 Å². The molecule has 0 aromatic heterocycles. The minimum absolute atomic E-state index is 0.158. The number of nitrogens with one attached hydrogen (secondary N) is 1. The monoisotopic (exact) mass is 389 g/mol. The van der Waals surface area contributed by atoms with Gasteiger partial charge in [-0.15, -0.1) is 0 Å². The Morgan fingerprint density at radius 2 is 1.86 bits per heavy atom. The highest BCUT2D eigenvalue weighted by Gasteiger charge is 2.45. The van der Waals surface area contributed by atoms with Crippen LogP contribution in [-0.4, -0.2) is 67.3 Å². The lowest BCUT2D eigenvalue weighted by atomic mass is 9.77. The predicted molar refractivity (Wildman–Crippen MR) is 112 cm³/mol. The van der Waals surface area contributed by atoms with Crippen molar-refractivity contribution in [2.75, 3.05) is 39.4 Å². The molecule has 2 aliphatic carbocycles. The van der Waals surface area contributed by atoms with Gasteiger partial charge in [-0.25, -0.2) is 0 Å². The maximum absolute atomic E-state index is 13.4. The molecular formula is C23H39N3O2. The topological polar surface area (TPSA) is 44.8 Å². The zero-order valence-corrected chi connectivity index (χ0v) is 17.9. The molecule has 2 aliphatic heterocycles. The maximum atomic E-state index is 13.4. The Morgan fingerprint density at radius 3 is 2.68 bits per heavy atom. The molecule has 1 N–H and O–H groups in total. The number of rotatable bonds is 6. The first-order chi connectivity index (χ1) is 13.7. The Balaban J connectivity index is 1.41. The SMILES string of the molecule is CC1CCCC(N2C(=O)C3=C(CCCC3)C2NCCCN2CCOCC2)C1C. The second kappa shape index (κ2) is 9.27. The van der Waals surface area contributed by atoms with Gasteiger partial charge in [-0.05, 0) is 69.0 Å². The van der Waals surface area contributed by atoms with Crippen molar-refractivity contribution in [3.8, 4) is 0 Å². The number of carbonyl (C=O) groups is 1. The van der Waals surface area contributed by atoms with Crippen LogP contribution in [0.15, 0.2) is 11.1 Å². The van der Waals surface area contributed by atoms with Crippen molar-refractivity contribution in [3.05, 3.63) is 11.1 Å². The summed E-state index contributed by atoms with van der Waals surface area (Å²) in [7, 11) is 0. The minimum atomic E-state index is 0.158. The molecule has 5 heteroatoms. The van der Waals surface area contributed by atoms with Crippen molar-refractivity contribution < 1.29 is 9.53 Å². The molecular weight excluding hydrogens is 350 g/mol. The van der Waals surface area contributed by atoms with Gasteiger partial charge < -0.3 is 9.64 Å².